The summed E-state index contributed by atoms with van der Waals surface area (Å²) in [5, 5.41) is 0.472. The summed E-state index contributed by atoms with van der Waals surface area (Å²) < 4.78 is 18.0. The van der Waals surface area contributed by atoms with Crippen LogP contribution in [0.3, 0.4) is 0 Å². The third-order valence-corrected chi connectivity index (χ3v) is 4.07. The first-order chi connectivity index (χ1) is 12.5. The second-order valence-corrected chi connectivity index (χ2v) is 6.17. The topological polar surface area (TPSA) is 46.6 Å². The highest BCUT2D eigenvalue weighted by Crippen LogP contribution is 2.14. The number of carbonyl (C=O) groups excluding carboxylic acids is 2. The predicted molar refractivity (Wildman–Crippen MR) is 98.7 cm³/mol. The van der Waals surface area contributed by atoms with Crippen molar-refractivity contribution in [3.63, 3.8) is 0 Å². The van der Waals surface area contributed by atoms with E-state index >= 15 is 0 Å². The highest BCUT2D eigenvalue weighted by Gasteiger charge is 2.17. The molecule has 0 aromatic heterocycles. The van der Waals surface area contributed by atoms with E-state index in [1.165, 1.54) is 12.1 Å². The zero-order valence-corrected chi connectivity index (χ0v) is 15.3. The van der Waals surface area contributed by atoms with Gasteiger partial charge >= 0.3 is 5.97 Å². The normalized spacial score (nSPS) is 10.4. The first-order valence-electron chi connectivity index (χ1n) is 8.44. The van der Waals surface area contributed by atoms with Crippen LogP contribution in [0.4, 0.5) is 4.39 Å². The Hall–Kier alpha value is -2.40. The summed E-state index contributed by atoms with van der Waals surface area (Å²) in [6.45, 7) is 2.68. The number of hydrogen-bond acceptors (Lipinski definition) is 3. The second-order valence-electron chi connectivity index (χ2n) is 5.73. The Morgan fingerprint density at radius 2 is 1.85 bits per heavy atom. The van der Waals surface area contributed by atoms with Crippen molar-refractivity contribution in [3.05, 3.63) is 70.5 Å². The molecule has 138 valence electrons. The van der Waals surface area contributed by atoms with Crippen LogP contribution in [-0.4, -0.2) is 36.5 Å². The highest BCUT2D eigenvalue weighted by atomic mass is 35.5. The fourth-order valence-corrected chi connectivity index (χ4v) is 2.68. The van der Waals surface area contributed by atoms with Crippen LogP contribution in [0.15, 0.2) is 48.5 Å². The molecular formula is C20H21ClFNO3. The van der Waals surface area contributed by atoms with Crippen molar-refractivity contribution in [1.82, 2.24) is 4.90 Å². The fourth-order valence-electron chi connectivity index (χ4n) is 2.49. The van der Waals surface area contributed by atoms with Crippen LogP contribution in [0, 0.1) is 5.82 Å². The molecule has 2 aromatic carbocycles. The number of benzene rings is 2. The minimum absolute atomic E-state index is 0.115. The predicted octanol–water partition coefficient (Wildman–Crippen LogP) is 4.12. The molecular weight excluding hydrogens is 357 g/mol. The number of rotatable bonds is 8. The maximum atomic E-state index is 13.0. The molecule has 0 bridgehead atoms. The molecule has 26 heavy (non-hydrogen) atoms. The molecule has 6 heteroatoms. The summed E-state index contributed by atoms with van der Waals surface area (Å²) in [4.78, 5) is 26.0. The standard InChI is InChI=1S/C20H21ClFNO3/c1-2-26-19(24)11-13-23(12-10-15-6-8-18(22)9-7-15)20(25)16-4-3-5-17(21)14-16/h3-9,14H,2,10-13H2,1H3. The van der Waals surface area contributed by atoms with Crippen molar-refractivity contribution in [2.45, 2.75) is 19.8 Å². The van der Waals surface area contributed by atoms with Crippen molar-refractivity contribution < 1.29 is 18.7 Å². The third kappa shape index (κ3) is 6.15. The van der Waals surface area contributed by atoms with E-state index in [9.17, 15) is 14.0 Å². The maximum absolute atomic E-state index is 13.0. The van der Waals surface area contributed by atoms with Gasteiger partial charge in [-0.1, -0.05) is 29.8 Å². The molecule has 4 nitrogen and oxygen atoms in total. The number of amides is 1. The number of halogens is 2. The minimum atomic E-state index is -0.349. The van der Waals surface area contributed by atoms with E-state index in [0.29, 0.717) is 30.2 Å². The molecule has 0 unspecified atom stereocenters. The zero-order chi connectivity index (χ0) is 18.9. The SMILES string of the molecule is CCOC(=O)CCN(CCc1ccc(F)cc1)C(=O)c1cccc(Cl)c1. The lowest BCUT2D eigenvalue weighted by atomic mass is 10.1. The smallest absolute Gasteiger partial charge is 0.307 e. The van der Waals surface area contributed by atoms with Gasteiger partial charge in [-0.05, 0) is 49.2 Å². The van der Waals surface area contributed by atoms with Crippen LogP contribution in [0.5, 0.6) is 0 Å². The molecule has 0 fully saturated rings. The van der Waals surface area contributed by atoms with Crippen molar-refractivity contribution >= 4 is 23.5 Å². The number of carbonyl (C=O) groups is 2. The van der Waals surface area contributed by atoms with Crippen LogP contribution in [0.25, 0.3) is 0 Å². The van der Waals surface area contributed by atoms with Gasteiger partial charge in [-0.15, -0.1) is 0 Å². The van der Waals surface area contributed by atoms with Gasteiger partial charge in [0.25, 0.3) is 5.91 Å². The van der Waals surface area contributed by atoms with Gasteiger partial charge in [0.15, 0.2) is 0 Å². The first-order valence-corrected chi connectivity index (χ1v) is 8.82. The largest absolute Gasteiger partial charge is 0.466 e. The summed E-state index contributed by atoms with van der Waals surface area (Å²) in [6.07, 6.45) is 0.666. The summed E-state index contributed by atoms with van der Waals surface area (Å²) in [7, 11) is 0. The minimum Gasteiger partial charge on any atom is -0.466 e. The van der Waals surface area contributed by atoms with E-state index in [1.807, 2.05) is 0 Å². The van der Waals surface area contributed by atoms with Crippen molar-refractivity contribution in [1.29, 1.82) is 0 Å². The Labute approximate surface area is 157 Å². The van der Waals surface area contributed by atoms with Gasteiger partial charge in [0.05, 0.1) is 13.0 Å². The molecule has 0 heterocycles. The van der Waals surface area contributed by atoms with Gasteiger partial charge in [0.1, 0.15) is 5.82 Å². The second kappa shape index (κ2) is 9.92. The summed E-state index contributed by atoms with van der Waals surface area (Å²) in [5.41, 5.74) is 1.37. The Balaban J connectivity index is 2.08. The monoisotopic (exact) mass is 377 g/mol. The quantitative estimate of drug-likeness (QED) is 0.650. The van der Waals surface area contributed by atoms with Gasteiger partial charge in [-0.3, -0.25) is 9.59 Å². The molecule has 0 aliphatic heterocycles. The van der Waals surface area contributed by atoms with E-state index in [0.717, 1.165) is 5.56 Å². The van der Waals surface area contributed by atoms with Gasteiger partial charge < -0.3 is 9.64 Å². The molecule has 0 aliphatic rings. The Bertz CT molecular complexity index is 749. The Morgan fingerprint density at radius 3 is 2.50 bits per heavy atom. The van der Waals surface area contributed by atoms with Crippen molar-refractivity contribution in [2.75, 3.05) is 19.7 Å². The number of nitrogens with zero attached hydrogens (tertiary/aromatic N) is 1. The lowest BCUT2D eigenvalue weighted by Gasteiger charge is -2.22. The molecule has 0 N–H and O–H groups in total. The lowest BCUT2D eigenvalue weighted by Crippen LogP contribution is -2.35. The average Bonchev–Trinajstić information content (AvgIpc) is 2.63. The van der Waals surface area contributed by atoms with Crippen LogP contribution in [0.1, 0.15) is 29.3 Å². The highest BCUT2D eigenvalue weighted by molar-refractivity contribution is 6.30. The molecule has 0 saturated heterocycles. The van der Waals surface area contributed by atoms with Crippen LogP contribution < -0.4 is 0 Å². The molecule has 0 saturated carbocycles. The van der Waals surface area contributed by atoms with E-state index in [-0.39, 0.29) is 30.7 Å². The third-order valence-electron chi connectivity index (χ3n) is 3.83. The molecule has 0 spiro atoms. The molecule has 0 atom stereocenters. The molecule has 0 radical (unpaired) electrons. The van der Waals surface area contributed by atoms with Gasteiger partial charge in [0.2, 0.25) is 0 Å². The Morgan fingerprint density at radius 1 is 1.12 bits per heavy atom. The maximum Gasteiger partial charge on any atom is 0.307 e. The summed E-state index contributed by atoms with van der Waals surface area (Å²) in [5.74, 6) is -0.861. The number of ether oxygens (including phenoxy) is 1. The molecule has 2 aromatic rings. The van der Waals surface area contributed by atoms with E-state index in [1.54, 1.807) is 48.2 Å². The molecule has 1 amide bonds. The average molecular weight is 378 g/mol. The van der Waals surface area contributed by atoms with E-state index in [2.05, 4.69) is 0 Å². The van der Waals surface area contributed by atoms with E-state index in [4.69, 9.17) is 16.3 Å². The lowest BCUT2D eigenvalue weighted by molar-refractivity contribution is -0.143. The summed E-state index contributed by atoms with van der Waals surface area (Å²) in [6, 6.07) is 12.8. The first kappa shape index (κ1) is 19.9. The van der Waals surface area contributed by atoms with Crippen molar-refractivity contribution in [3.8, 4) is 0 Å². The molecule has 0 aliphatic carbocycles. The van der Waals surface area contributed by atoms with Crippen LogP contribution >= 0.6 is 11.6 Å². The van der Waals surface area contributed by atoms with Crippen LogP contribution in [0.2, 0.25) is 5.02 Å². The van der Waals surface area contributed by atoms with E-state index < -0.39 is 0 Å². The summed E-state index contributed by atoms with van der Waals surface area (Å²) >= 11 is 5.97. The van der Waals surface area contributed by atoms with Gasteiger partial charge in [-0.25, -0.2) is 4.39 Å². The van der Waals surface area contributed by atoms with Crippen LogP contribution in [-0.2, 0) is 16.0 Å². The van der Waals surface area contributed by atoms with Gasteiger partial charge in [0, 0.05) is 23.7 Å². The number of esters is 1. The zero-order valence-electron chi connectivity index (χ0n) is 14.6. The van der Waals surface area contributed by atoms with Crippen molar-refractivity contribution in [2.24, 2.45) is 0 Å². The molecule has 2 rings (SSSR count). The fraction of sp³-hybridized carbons (Fsp3) is 0.300. The number of hydrogen-bond donors (Lipinski definition) is 0. The van der Waals surface area contributed by atoms with Gasteiger partial charge in [-0.2, -0.15) is 0 Å². The Kier molecular flexibility index (Phi) is 7.60.